The average Bonchev–Trinajstić information content (AvgIpc) is 3.06. The molecule has 34 heavy (non-hydrogen) atoms. The number of ether oxygens (including phenoxy) is 2. The zero-order chi connectivity index (χ0) is 24.8. The summed E-state index contributed by atoms with van der Waals surface area (Å²) >= 11 is 0. The Morgan fingerprint density at radius 1 is 1.15 bits per heavy atom. The number of likely N-dealkylation sites (N-methyl/N-ethyl adjacent to an activating group) is 1. The molecule has 7 heteroatoms. The number of aliphatic hydroxyl groups is 1. The molecule has 1 heterocycles. The second-order valence-corrected chi connectivity index (χ2v) is 8.66. The number of rotatable bonds is 10. The largest absolute Gasteiger partial charge is 0.507 e. The summed E-state index contributed by atoms with van der Waals surface area (Å²) in [6, 6.07) is 13.3. The van der Waals surface area contributed by atoms with Crippen LogP contribution in [0.15, 0.2) is 66.8 Å². The molecule has 3 rings (SSSR count). The zero-order valence-electron chi connectivity index (χ0n) is 20.2. The van der Waals surface area contributed by atoms with Crippen molar-refractivity contribution in [3.8, 4) is 11.5 Å². The Morgan fingerprint density at radius 3 is 2.47 bits per heavy atom. The van der Waals surface area contributed by atoms with E-state index in [1.165, 1.54) is 4.90 Å². The maximum absolute atomic E-state index is 13.1. The molecular weight excluding hydrogens is 432 g/mol. The SMILES string of the molecule is C=CCOc1cccc([C@H]2/C(=C(\O)c3ccc(OC(C)C)cc3)C(=O)C(=O)N2CCN(C)C)c1. The number of likely N-dealkylation sites (tertiary alicyclic amines) is 1. The van der Waals surface area contributed by atoms with Crippen molar-refractivity contribution in [3.63, 3.8) is 0 Å². The fourth-order valence-corrected chi connectivity index (χ4v) is 3.81. The van der Waals surface area contributed by atoms with Crippen molar-refractivity contribution in [1.82, 2.24) is 9.80 Å². The van der Waals surface area contributed by atoms with Gasteiger partial charge in [0.1, 0.15) is 23.9 Å². The van der Waals surface area contributed by atoms with E-state index in [0.29, 0.717) is 42.3 Å². The predicted octanol–water partition coefficient (Wildman–Crippen LogP) is 4.02. The fraction of sp³-hybridized carbons (Fsp3) is 0.333. The molecule has 1 aliphatic heterocycles. The minimum atomic E-state index is -0.737. The monoisotopic (exact) mass is 464 g/mol. The van der Waals surface area contributed by atoms with E-state index in [1.54, 1.807) is 48.5 Å². The molecule has 1 amide bonds. The summed E-state index contributed by atoms with van der Waals surface area (Å²) in [6.07, 6.45) is 1.65. The lowest BCUT2D eigenvalue weighted by molar-refractivity contribution is -0.140. The van der Waals surface area contributed by atoms with Gasteiger partial charge in [-0.3, -0.25) is 9.59 Å². The van der Waals surface area contributed by atoms with Crippen LogP contribution in [0.5, 0.6) is 11.5 Å². The molecule has 0 aromatic heterocycles. The van der Waals surface area contributed by atoms with Gasteiger partial charge in [-0.25, -0.2) is 0 Å². The number of carbonyl (C=O) groups is 2. The van der Waals surface area contributed by atoms with Gasteiger partial charge < -0.3 is 24.4 Å². The second kappa shape index (κ2) is 11.0. The maximum Gasteiger partial charge on any atom is 0.295 e. The number of carbonyl (C=O) groups excluding carboxylic acids is 2. The molecule has 0 aliphatic carbocycles. The van der Waals surface area contributed by atoms with Crippen molar-refractivity contribution >= 4 is 17.4 Å². The molecule has 0 unspecified atom stereocenters. The Kier molecular flexibility index (Phi) is 8.12. The van der Waals surface area contributed by atoms with Crippen LogP contribution in [0, 0.1) is 0 Å². The van der Waals surface area contributed by atoms with Crippen LogP contribution in [0.1, 0.15) is 31.0 Å². The Bertz CT molecular complexity index is 1070. The quantitative estimate of drug-likeness (QED) is 0.248. The van der Waals surface area contributed by atoms with E-state index in [9.17, 15) is 14.7 Å². The van der Waals surface area contributed by atoms with Gasteiger partial charge >= 0.3 is 0 Å². The van der Waals surface area contributed by atoms with Crippen LogP contribution in [-0.4, -0.2) is 66.5 Å². The van der Waals surface area contributed by atoms with Crippen LogP contribution in [0.3, 0.4) is 0 Å². The van der Waals surface area contributed by atoms with Crippen LogP contribution in [0.25, 0.3) is 5.76 Å². The highest BCUT2D eigenvalue weighted by Gasteiger charge is 2.46. The summed E-state index contributed by atoms with van der Waals surface area (Å²) < 4.78 is 11.3. The number of amides is 1. The molecule has 180 valence electrons. The third kappa shape index (κ3) is 5.66. The summed E-state index contributed by atoms with van der Waals surface area (Å²) in [4.78, 5) is 29.6. The van der Waals surface area contributed by atoms with E-state index in [4.69, 9.17) is 9.47 Å². The normalized spacial score (nSPS) is 17.5. The van der Waals surface area contributed by atoms with E-state index in [2.05, 4.69) is 6.58 Å². The van der Waals surface area contributed by atoms with Gasteiger partial charge in [-0.1, -0.05) is 24.8 Å². The van der Waals surface area contributed by atoms with Crippen LogP contribution in [-0.2, 0) is 9.59 Å². The van der Waals surface area contributed by atoms with E-state index < -0.39 is 17.7 Å². The smallest absolute Gasteiger partial charge is 0.295 e. The van der Waals surface area contributed by atoms with Crippen molar-refractivity contribution in [2.75, 3.05) is 33.8 Å². The lowest BCUT2D eigenvalue weighted by atomic mass is 9.95. The Balaban J connectivity index is 2.08. The Morgan fingerprint density at radius 2 is 1.85 bits per heavy atom. The summed E-state index contributed by atoms with van der Waals surface area (Å²) in [7, 11) is 3.80. The summed E-state index contributed by atoms with van der Waals surface area (Å²) in [5.74, 6) is -0.316. The van der Waals surface area contributed by atoms with Crippen molar-refractivity contribution < 1.29 is 24.2 Å². The third-order valence-electron chi connectivity index (χ3n) is 5.37. The summed E-state index contributed by atoms with van der Waals surface area (Å²) in [6.45, 7) is 8.74. The van der Waals surface area contributed by atoms with E-state index in [-0.39, 0.29) is 17.4 Å². The van der Waals surface area contributed by atoms with Gasteiger partial charge in [0.2, 0.25) is 0 Å². The first kappa shape index (κ1) is 25.1. The van der Waals surface area contributed by atoms with Gasteiger partial charge in [-0.2, -0.15) is 0 Å². The summed E-state index contributed by atoms with van der Waals surface area (Å²) in [5.41, 5.74) is 1.17. The van der Waals surface area contributed by atoms with E-state index in [0.717, 1.165) is 0 Å². The number of nitrogens with zero attached hydrogens (tertiary/aromatic N) is 2. The fourth-order valence-electron chi connectivity index (χ4n) is 3.81. The molecule has 2 aromatic carbocycles. The minimum absolute atomic E-state index is 0.0112. The molecule has 0 saturated carbocycles. The number of aliphatic hydroxyl groups excluding tert-OH is 1. The molecule has 1 saturated heterocycles. The molecule has 0 spiro atoms. The molecule has 1 fully saturated rings. The minimum Gasteiger partial charge on any atom is -0.507 e. The van der Waals surface area contributed by atoms with Gasteiger partial charge in [0.05, 0.1) is 17.7 Å². The highest BCUT2D eigenvalue weighted by molar-refractivity contribution is 6.46. The van der Waals surface area contributed by atoms with Crippen LogP contribution >= 0.6 is 0 Å². The van der Waals surface area contributed by atoms with Gasteiger partial charge in [-0.05, 0) is 69.9 Å². The van der Waals surface area contributed by atoms with Crippen LogP contribution < -0.4 is 9.47 Å². The first-order chi connectivity index (χ1) is 16.2. The lowest BCUT2D eigenvalue weighted by Gasteiger charge is -2.27. The Labute approximate surface area is 200 Å². The number of hydrogen-bond donors (Lipinski definition) is 1. The zero-order valence-corrected chi connectivity index (χ0v) is 20.2. The van der Waals surface area contributed by atoms with Gasteiger partial charge in [0, 0.05) is 18.7 Å². The highest BCUT2D eigenvalue weighted by atomic mass is 16.5. The van der Waals surface area contributed by atoms with E-state index in [1.807, 2.05) is 38.9 Å². The van der Waals surface area contributed by atoms with Gasteiger partial charge in [0.15, 0.2) is 0 Å². The highest BCUT2D eigenvalue weighted by Crippen LogP contribution is 2.40. The lowest BCUT2D eigenvalue weighted by Crippen LogP contribution is -2.35. The van der Waals surface area contributed by atoms with Crippen LogP contribution in [0.2, 0.25) is 0 Å². The first-order valence-corrected chi connectivity index (χ1v) is 11.3. The predicted molar refractivity (Wildman–Crippen MR) is 132 cm³/mol. The van der Waals surface area contributed by atoms with E-state index >= 15 is 0 Å². The molecule has 1 N–H and O–H groups in total. The molecule has 1 aliphatic rings. The van der Waals surface area contributed by atoms with Crippen molar-refractivity contribution in [1.29, 1.82) is 0 Å². The topological polar surface area (TPSA) is 79.3 Å². The van der Waals surface area contributed by atoms with Crippen LogP contribution in [0.4, 0.5) is 0 Å². The van der Waals surface area contributed by atoms with Crippen molar-refractivity contribution in [2.45, 2.75) is 26.0 Å². The molecule has 2 aromatic rings. The number of ketones is 1. The third-order valence-corrected chi connectivity index (χ3v) is 5.37. The molecule has 1 atom stereocenters. The second-order valence-electron chi connectivity index (χ2n) is 8.66. The average molecular weight is 465 g/mol. The molecular formula is C27H32N2O5. The van der Waals surface area contributed by atoms with Crippen molar-refractivity contribution in [3.05, 3.63) is 77.9 Å². The summed E-state index contributed by atoms with van der Waals surface area (Å²) in [5, 5.41) is 11.2. The van der Waals surface area contributed by atoms with Gasteiger partial charge in [-0.15, -0.1) is 0 Å². The standard InChI is InChI=1S/C27H32N2O5/c1-6-16-33-22-9-7-8-20(17-22)24-23(26(31)27(32)29(24)15-14-28(4)5)25(30)19-10-12-21(13-11-19)34-18(2)3/h6-13,17-18,24,30H,1,14-16H2,2-5H3/b25-23+/t24-/m0/s1. The van der Waals surface area contributed by atoms with Crippen molar-refractivity contribution in [2.24, 2.45) is 0 Å². The molecule has 7 nitrogen and oxygen atoms in total. The molecule has 0 bridgehead atoms. The number of benzene rings is 2. The first-order valence-electron chi connectivity index (χ1n) is 11.3. The number of Topliss-reactive ketones (excluding diaryl/α,β-unsaturated/α-hetero) is 1. The molecule has 0 radical (unpaired) electrons. The van der Waals surface area contributed by atoms with Gasteiger partial charge in [0.25, 0.3) is 11.7 Å². The Hall–Kier alpha value is -3.58. The maximum atomic E-state index is 13.1. The number of hydrogen-bond acceptors (Lipinski definition) is 6.